The highest BCUT2D eigenvalue weighted by atomic mass is 35.5. The predicted molar refractivity (Wildman–Crippen MR) is 50.0 cm³/mol. The highest BCUT2D eigenvalue weighted by Crippen LogP contribution is 2.26. The topological polar surface area (TPSA) is 46.2 Å². The molecule has 0 aliphatic rings. The van der Waals surface area contributed by atoms with Crippen molar-refractivity contribution in [2.75, 3.05) is 0 Å². The molecule has 0 heterocycles. The fourth-order valence-corrected chi connectivity index (χ4v) is 1.33. The van der Waals surface area contributed by atoms with Crippen LogP contribution in [0.1, 0.15) is 18.5 Å². The summed E-state index contributed by atoms with van der Waals surface area (Å²) in [7, 11) is 0. The van der Waals surface area contributed by atoms with Crippen LogP contribution in [0.4, 0.5) is 8.78 Å². The summed E-state index contributed by atoms with van der Waals surface area (Å²) in [4.78, 5) is 0. The van der Waals surface area contributed by atoms with E-state index in [0.717, 1.165) is 12.1 Å². The summed E-state index contributed by atoms with van der Waals surface area (Å²) in [6.07, 6.45) is -0.877. The number of aliphatic hydroxyl groups is 1. The number of nitrogens with two attached hydrogens (primary N) is 1. The third-order valence-electron chi connectivity index (χ3n) is 1.92. The van der Waals surface area contributed by atoms with Gasteiger partial charge in [0, 0.05) is 5.02 Å². The van der Waals surface area contributed by atoms with E-state index in [4.69, 9.17) is 22.4 Å². The second kappa shape index (κ2) is 4.21. The molecule has 0 aliphatic heterocycles. The van der Waals surface area contributed by atoms with Crippen LogP contribution in [0.3, 0.4) is 0 Å². The number of halogens is 3. The molecule has 0 unspecified atom stereocenters. The molecule has 0 aliphatic carbocycles. The maximum atomic E-state index is 12.8. The van der Waals surface area contributed by atoms with Gasteiger partial charge >= 0.3 is 0 Å². The maximum absolute atomic E-state index is 12.8. The lowest BCUT2D eigenvalue weighted by molar-refractivity contribution is 0.164. The first-order valence-electron chi connectivity index (χ1n) is 4.01. The average molecular weight is 222 g/mol. The van der Waals surface area contributed by atoms with E-state index in [9.17, 15) is 8.78 Å². The van der Waals surface area contributed by atoms with Crippen molar-refractivity contribution in [2.45, 2.75) is 19.1 Å². The van der Waals surface area contributed by atoms with E-state index in [-0.39, 0.29) is 10.6 Å². The van der Waals surface area contributed by atoms with Crippen molar-refractivity contribution in [1.82, 2.24) is 0 Å². The predicted octanol–water partition coefficient (Wildman–Crippen LogP) is 2.00. The third kappa shape index (κ3) is 2.20. The van der Waals surface area contributed by atoms with Gasteiger partial charge in [-0.25, -0.2) is 8.78 Å². The van der Waals surface area contributed by atoms with E-state index in [2.05, 4.69) is 0 Å². The molecule has 0 radical (unpaired) electrons. The molecule has 78 valence electrons. The first-order valence-corrected chi connectivity index (χ1v) is 4.39. The van der Waals surface area contributed by atoms with Crippen molar-refractivity contribution in [3.05, 3.63) is 34.4 Å². The molecule has 0 saturated heterocycles. The van der Waals surface area contributed by atoms with Gasteiger partial charge in [-0.3, -0.25) is 0 Å². The van der Waals surface area contributed by atoms with Crippen LogP contribution in [0, 0.1) is 11.6 Å². The zero-order chi connectivity index (χ0) is 10.9. The Morgan fingerprint density at radius 3 is 2.36 bits per heavy atom. The van der Waals surface area contributed by atoms with Crippen molar-refractivity contribution >= 4 is 11.6 Å². The Balaban J connectivity index is 3.15. The molecular formula is C9H10ClF2NO. The Morgan fingerprint density at radius 1 is 1.36 bits per heavy atom. The quantitative estimate of drug-likeness (QED) is 0.751. The lowest BCUT2D eigenvalue weighted by Crippen LogP contribution is -2.23. The molecule has 2 atom stereocenters. The zero-order valence-corrected chi connectivity index (χ0v) is 8.22. The second-order valence-electron chi connectivity index (χ2n) is 3.05. The summed E-state index contributed by atoms with van der Waals surface area (Å²) in [5, 5.41) is 9.17. The van der Waals surface area contributed by atoms with Crippen molar-refractivity contribution in [2.24, 2.45) is 5.73 Å². The molecule has 0 saturated carbocycles. The van der Waals surface area contributed by atoms with Crippen LogP contribution in [-0.2, 0) is 0 Å². The SMILES string of the molecule is C[C@@H](O)[C@H](N)c1cc(F)c(F)cc1Cl. The number of rotatable bonds is 2. The second-order valence-corrected chi connectivity index (χ2v) is 3.46. The molecule has 5 heteroatoms. The highest BCUT2D eigenvalue weighted by molar-refractivity contribution is 6.31. The molecule has 14 heavy (non-hydrogen) atoms. The normalized spacial score (nSPS) is 15.3. The molecule has 0 amide bonds. The lowest BCUT2D eigenvalue weighted by Gasteiger charge is -2.16. The zero-order valence-electron chi connectivity index (χ0n) is 7.47. The van der Waals surface area contributed by atoms with Gasteiger partial charge in [0.1, 0.15) is 0 Å². The molecule has 0 aromatic heterocycles. The van der Waals surface area contributed by atoms with Gasteiger partial charge in [-0.1, -0.05) is 11.6 Å². The van der Waals surface area contributed by atoms with Gasteiger partial charge in [0.25, 0.3) is 0 Å². The van der Waals surface area contributed by atoms with E-state index in [1.54, 1.807) is 0 Å². The van der Waals surface area contributed by atoms with E-state index in [0.29, 0.717) is 0 Å². The summed E-state index contributed by atoms with van der Waals surface area (Å²) < 4.78 is 25.5. The van der Waals surface area contributed by atoms with E-state index >= 15 is 0 Å². The van der Waals surface area contributed by atoms with Gasteiger partial charge in [-0.15, -0.1) is 0 Å². The highest BCUT2D eigenvalue weighted by Gasteiger charge is 2.17. The lowest BCUT2D eigenvalue weighted by atomic mass is 10.0. The van der Waals surface area contributed by atoms with E-state index in [1.807, 2.05) is 0 Å². The van der Waals surface area contributed by atoms with Gasteiger partial charge in [-0.2, -0.15) is 0 Å². The van der Waals surface area contributed by atoms with Gasteiger partial charge in [0.15, 0.2) is 11.6 Å². The summed E-state index contributed by atoms with van der Waals surface area (Å²) in [6.45, 7) is 1.45. The van der Waals surface area contributed by atoms with Gasteiger partial charge in [0.2, 0.25) is 0 Å². The number of aliphatic hydroxyl groups excluding tert-OH is 1. The number of hydrogen-bond donors (Lipinski definition) is 2. The maximum Gasteiger partial charge on any atom is 0.160 e. The molecule has 0 fully saturated rings. The van der Waals surface area contributed by atoms with Gasteiger partial charge in [-0.05, 0) is 24.6 Å². The van der Waals surface area contributed by atoms with Crippen molar-refractivity contribution < 1.29 is 13.9 Å². The molecule has 1 aromatic carbocycles. The summed E-state index contributed by atoms with van der Waals surface area (Å²) >= 11 is 5.64. The van der Waals surface area contributed by atoms with Crippen LogP contribution in [0.15, 0.2) is 12.1 Å². The molecule has 1 aromatic rings. The molecule has 0 bridgehead atoms. The monoisotopic (exact) mass is 221 g/mol. The average Bonchev–Trinajstić information content (AvgIpc) is 2.10. The first kappa shape index (κ1) is 11.4. The van der Waals surface area contributed by atoms with Gasteiger partial charge in [0.05, 0.1) is 12.1 Å². The smallest absolute Gasteiger partial charge is 0.160 e. The molecule has 1 rings (SSSR count). The van der Waals surface area contributed by atoms with Crippen LogP contribution < -0.4 is 5.73 Å². The Hall–Kier alpha value is -0.710. The van der Waals surface area contributed by atoms with E-state index < -0.39 is 23.8 Å². The molecule has 2 nitrogen and oxygen atoms in total. The fraction of sp³-hybridized carbons (Fsp3) is 0.333. The van der Waals surface area contributed by atoms with Crippen molar-refractivity contribution in [1.29, 1.82) is 0 Å². The minimum absolute atomic E-state index is 0.0114. The van der Waals surface area contributed by atoms with E-state index in [1.165, 1.54) is 6.92 Å². The molecule has 3 N–H and O–H groups in total. The molecular weight excluding hydrogens is 212 g/mol. The summed E-state index contributed by atoms with van der Waals surface area (Å²) in [5.41, 5.74) is 5.73. The number of benzene rings is 1. The van der Waals surface area contributed by atoms with Gasteiger partial charge < -0.3 is 10.8 Å². The van der Waals surface area contributed by atoms with Crippen LogP contribution in [-0.4, -0.2) is 11.2 Å². The Kier molecular flexibility index (Phi) is 3.42. The minimum Gasteiger partial charge on any atom is -0.391 e. The van der Waals surface area contributed by atoms with Crippen LogP contribution in [0.5, 0.6) is 0 Å². The Labute approximate surface area is 85.3 Å². The largest absolute Gasteiger partial charge is 0.391 e. The van der Waals surface area contributed by atoms with Crippen molar-refractivity contribution in [3.63, 3.8) is 0 Å². The number of hydrogen-bond acceptors (Lipinski definition) is 2. The Morgan fingerprint density at radius 2 is 1.86 bits per heavy atom. The van der Waals surface area contributed by atoms with Crippen LogP contribution >= 0.6 is 11.6 Å². The first-order chi connectivity index (χ1) is 6.43. The minimum atomic E-state index is -1.03. The van der Waals surface area contributed by atoms with Crippen LogP contribution in [0.2, 0.25) is 5.02 Å². The molecule has 0 spiro atoms. The van der Waals surface area contributed by atoms with Crippen LogP contribution in [0.25, 0.3) is 0 Å². The third-order valence-corrected chi connectivity index (χ3v) is 2.25. The van der Waals surface area contributed by atoms with Crippen molar-refractivity contribution in [3.8, 4) is 0 Å². The standard InChI is InChI=1S/C9H10ClF2NO/c1-4(14)9(13)5-2-7(11)8(12)3-6(5)10/h2-4,9,14H,13H2,1H3/t4-,9+/m1/s1. The summed E-state index contributed by atoms with van der Waals surface area (Å²) in [6, 6.07) is 0.918. The Bertz CT molecular complexity index is 344. The fourth-order valence-electron chi connectivity index (χ4n) is 1.05. The summed E-state index contributed by atoms with van der Waals surface area (Å²) in [5.74, 6) is -2.06.